The van der Waals surface area contributed by atoms with E-state index in [0.29, 0.717) is 12.3 Å². The Morgan fingerprint density at radius 3 is 2.76 bits per heavy atom. The number of aryl methyl sites for hydroxylation is 1. The van der Waals surface area contributed by atoms with Crippen LogP contribution in [0.2, 0.25) is 0 Å². The number of nitrogens with zero attached hydrogens (tertiary/aromatic N) is 2. The largest absolute Gasteiger partial charge is 0.378 e. The van der Waals surface area contributed by atoms with Gasteiger partial charge in [-0.05, 0) is 56.8 Å². The first kappa shape index (κ1) is 19.8. The molecule has 2 N–H and O–H groups in total. The molecule has 2 heterocycles. The maximum Gasteiger partial charge on any atom is 0.329 e. The third-order valence-corrected chi connectivity index (χ3v) is 6.11. The average molecular weight is 400 g/mol. The number of amides is 2. The van der Waals surface area contributed by atoms with Crippen molar-refractivity contribution in [1.29, 1.82) is 0 Å². The summed E-state index contributed by atoms with van der Waals surface area (Å²) in [6.45, 7) is 1.71. The fourth-order valence-corrected chi connectivity index (χ4v) is 4.48. The zero-order valence-electron chi connectivity index (χ0n) is 16.9. The third-order valence-electron chi connectivity index (χ3n) is 6.11. The van der Waals surface area contributed by atoms with E-state index in [1.54, 1.807) is 16.2 Å². The van der Waals surface area contributed by atoms with E-state index in [1.165, 1.54) is 0 Å². The van der Waals surface area contributed by atoms with Gasteiger partial charge in [0, 0.05) is 20.1 Å². The summed E-state index contributed by atoms with van der Waals surface area (Å²) in [5, 5.41) is 5.47. The van der Waals surface area contributed by atoms with Crippen molar-refractivity contribution in [2.45, 2.75) is 50.2 Å². The first-order chi connectivity index (χ1) is 14.0. The Bertz CT molecular complexity index is 986. The molecule has 4 rings (SSSR count). The Morgan fingerprint density at radius 1 is 1.24 bits per heavy atom. The van der Waals surface area contributed by atoms with Crippen molar-refractivity contribution in [2.75, 3.05) is 20.2 Å². The molecule has 1 aromatic carbocycles. The van der Waals surface area contributed by atoms with Crippen molar-refractivity contribution in [1.82, 2.24) is 19.8 Å². The van der Waals surface area contributed by atoms with Crippen LogP contribution in [0.1, 0.15) is 49.6 Å². The molecule has 29 heavy (non-hydrogen) atoms. The van der Waals surface area contributed by atoms with E-state index in [0.717, 1.165) is 49.0 Å². The van der Waals surface area contributed by atoms with Gasteiger partial charge in [0.25, 0.3) is 0 Å². The number of benzene rings is 1. The van der Waals surface area contributed by atoms with Crippen molar-refractivity contribution >= 4 is 22.8 Å². The Hall–Kier alpha value is -2.45. The molecule has 2 fully saturated rings. The number of aromatic nitrogens is 2. The molecule has 2 aliphatic rings. The number of carbonyl (C=O) groups is 2. The van der Waals surface area contributed by atoms with Crippen LogP contribution in [0.4, 0.5) is 0 Å². The van der Waals surface area contributed by atoms with Crippen molar-refractivity contribution in [3.63, 3.8) is 0 Å². The van der Waals surface area contributed by atoms with Gasteiger partial charge in [-0.15, -0.1) is 0 Å². The van der Waals surface area contributed by atoms with E-state index < -0.39 is 11.9 Å². The smallest absolute Gasteiger partial charge is 0.329 e. The first-order valence-electron chi connectivity index (χ1n) is 10.3. The maximum atomic E-state index is 13.0. The van der Waals surface area contributed by atoms with Crippen LogP contribution in [-0.2, 0) is 21.4 Å². The summed E-state index contributed by atoms with van der Waals surface area (Å²) in [4.78, 5) is 36.9. The van der Waals surface area contributed by atoms with Crippen molar-refractivity contribution in [3.8, 4) is 0 Å². The van der Waals surface area contributed by atoms with Gasteiger partial charge in [0.2, 0.25) is 11.8 Å². The Balaban J connectivity index is 1.58. The van der Waals surface area contributed by atoms with E-state index in [1.807, 2.05) is 19.2 Å². The van der Waals surface area contributed by atoms with Gasteiger partial charge >= 0.3 is 5.69 Å². The van der Waals surface area contributed by atoms with Crippen molar-refractivity contribution < 1.29 is 14.3 Å². The second-order valence-electron chi connectivity index (χ2n) is 8.01. The summed E-state index contributed by atoms with van der Waals surface area (Å²) in [6, 6.07) is 5.25. The fourth-order valence-electron chi connectivity index (χ4n) is 4.48. The van der Waals surface area contributed by atoms with Crippen LogP contribution in [-0.4, -0.2) is 47.3 Å². The van der Waals surface area contributed by atoms with Gasteiger partial charge < -0.3 is 10.1 Å². The van der Waals surface area contributed by atoms with Crippen LogP contribution in [0.25, 0.3) is 11.0 Å². The molecule has 156 valence electrons. The highest BCUT2D eigenvalue weighted by atomic mass is 16.5. The summed E-state index contributed by atoms with van der Waals surface area (Å²) in [6.07, 6.45) is 3.73. The molecule has 1 aromatic heterocycles. The molecule has 0 bridgehead atoms. The molecule has 0 spiro atoms. The summed E-state index contributed by atoms with van der Waals surface area (Å²) in [5.41, 5.74) is 2.54. The van der Waals surface area contributed by atoms with Crippen LogP contribution >= 0.6 is 0 Å². The van der Waals surface area contributed by atoms with Crippen LogP contribution < -0.4 is 16.3 Å². The predicted octanol–water partition coefficient (Wildman–Crippen LogP) is 1.19. The van der Waals surface area contributed by atoms with Gasteiger partial charge in [0.15, 0.2) is 0 Å². The minimum absolute atomic E-state index is 0.221. The summed E-state index contributed by atoms with van der Waals surface area (Å²) >= 11 is 0. The lowest BCUT2D eigenvalue weighted by molar-refractivity contribution is -0.135. The molecule has 8 nitrogen and oxygen atoms in total. The number of carbonyl (C=O) groups excluding carboxylic acids is 2. The molecule has 8 heteroatoms. The Kier molecular flexibility index (Phi) is 5.56. The zero-order valence-corrected chi connectivity index (χ0v) is 16.9. The molecule has 1 aliphatic heterocycles. The molecule has 1 saturated heterocycles. The minimum atomic E-state index is -0.649. The van der Waals surface area contributed by atoms with Gasteiger partial charge in [0.05, 0.1) is 17.1 Å². The highest BCUT2D eigenvalue weighted by molar-refractivity contribution is 6.00. The van der Waals surface area contributed by atoms with E-state index in [4.69, 9.17) is 4.74 Å². The Labute approximate surface area is 169 Å². The summed E-state index contributed by atoms with van der Waals surface area (Å²) in [7, 11) is 3.69. The number of para-hydroxylation sites is 1. The topological polar surface area (TPSA) is 94.4 Å². The normalized spacial score (nSPS) is 24.6. The van der Waals surface area contributed by atoms with Gasteiger partial charge in [-0.2, -0.15) is 0 Å². The lowest BCUT2D eigenvalue weighted by Crippen LogP contribution is -2.44. The van der Waals surface area contributed by atoms with Gasteiger partial charge in [-0.1, -0.05) is 12.1 Å². The van der Waals surface area contributed by atoms with Crippen LogP contribution in [0, 0.1) is 0 Å². The predicted molar refractivity (Wildman–Crippen MR) is 109 cm³/mol. The highest BCUT2D eigenvalue weighted by Gasteiger charge is 2.35. The fraction of sp³-hybridized carbons (Fsp3) is 0.571. The minimum Gasteiger partial charge on any atom is -0.378 e. The number of hydrogen-bond acceptors (Lipinski definition) is 5. The zero-order chi connectivity index (χ0) is 20.5. The monoisotopic (exact) mass is 400 g/mol. The number of ether oxygens (including phenoxy) is 1. The van der Waals surface area contributed by atoms with Crippen molar-refractivity contribution in [2.24, 2.45) is 7.05 Å². The van der Waals surface area contributed by atoms with E-state index >= 15 is 0 Å². The third kappa shape index (κ3) is 3.62. The number of rotatable bonds is 7. The van der Waals surface area contributed by atoms with Gasteiger partial charge in [-0.3, -0.25) is 24.0 Å². The lowest BCUT2D eigenvalue weighted by atomic mass is 9.77. The second-order valence-corrected chi connectivity index (χ2v) is 8.01. The standard InChI is InChI=1S/C21H28N4O4/c1-22-9-4-10-29-14-11-13(12-14)15-5-3-6-16-19(15)24(2)21(28)25(16)17-7-8-18(26)23-20(17)27/h3,5-6,13-14,17,22H,4,7-12H2,1-2H3,(H,23,26,27). The lowest BCUT2D eigenvalue weighted by Gasteiger charge is -2.36. The molecule has 1 atom stereocenters. The average Bonchev–Trinajstić information content (AvgIpc) is 2.92. The van der Waals surface area contributed by atoms with Gasteiger partial charge in [-0.25, -0.2) is 4.79 Å². The van der Waals surface area contributed by atoms with E-state index in [9.17, 15) is 14.4 Å². The molecule has 2 aromatic rings. The first-order valence-corrected chi connectivity index (χ1v) is 10.3. The SMILES string of the molecule is CNCCCOC1CC(c2cccc3c2n(C)c(=O)n3C2CCC(=O)NC2=O)C1. The summed E-state index contributed by atoms with van der Waals surface area (Å²) < 4.78 is 9.10. The number of imidazole rings is 1. The number of hydrogen-bond donors (Lipinski definition) is 2. The van der Waals surface area contributed by atoms with Gasteiger partial charge in [0.1, 0.15) is 6.04 Å². The Morgan fingerprint density at radius 2 is 2.03 bits per heavy atom. The van der Waals surface area contributed by atoms with Crippen LogP contribution in [0.3, 0.4) is 0 Å². The highest BCUT2D eigenvalue weighted by Crippen LogP contribution is 2.41. The van der Waals surface area contributed by atoms with E-state index in [2.05, 4.69) is 16.7 Å². The molecular weight excluding hydrogens is 372 g/mol. The molecule has 1 aliphatic carbocycles. The van der Waals surface area contributed by atoms with Crippen LogP contribution in [0.15, 0.2) is 23.0 Å². The quantitative estimate of drug-likeness (QED) is 0.538. The number of fused-ring (bicyclic) bond motifs is 1. The maximum absolute atomic E-state index is 13.0. The number of piperidine rings is 1. The molecule has 1 unspecified atom stereocenters. The van der Waals surface area contributed by atoms with Crippen LogP contribution in [0.5, 0.6) is 0 Å². The number of imide groups is 1. The molecule has 2 amide bonds. The molecule has 1 saturated carbocycles. The summed E-state index contributed by atoms with van der Waals surface area (Å²) in [5.74, 6) is -0.341. The molecular formula is C21H28N4O4. The molecule has 0 radical (unpaired) electrons. The van der Waals surface area contributed by atoms with Crippen molar-refractivity contribution in [3.05, 3.63) is 34.2 Å². The second kappa shape index (κ2) is 8.12. The van der Waals surface area contributed by atoms with E-state index in [-0.39, 0.29) is 24.1 Å². The number of nitrogens with one attached hydrogen (secondary N) is 2.